The minimum atomic E-state index is -0.616. The molecule has 0 fully saturated rings. The highest BCUT2D eigenvalue weighted by Gasteiger charge is 2.24. The molecule has 22 heavy (non-hydrogen) atoms. The summed E-state index contributed by atoms with van der Waals surface area (Å²) < 4.78 is 0. The van der Waals surface area contributed by atoms with Crippen LogP contribution in [0.25, 0.3) is 0 Å². The second-order valence-electron chi connectivity index (χ2n) is 6.04. The Hall–Kier alpha value is -2.13. The Kier molecular flexibility index (Phi) is 4.25. The average molecular weight is 294 g/mol. The fourth-order valence-electron chi connectivity index (χ4n) is 3.09. The minimum absolute atomic E-state index is 0.0777. The van der Waals surface area contributed by atoms with Crippen LogP contribution in [0.4, 0.5) is 0 Å². The molecular weight excluding hydrogens is 272 g/mol. The first-order chi connectivity index (χ1) is 10.6. The number of benzene rings is 2. The molecule has 114 valence electrons. The number of aryl methyl sites for hydroxylation is 2. The van der Waals surface area contributed by atoms with Gasteiger partial charge in [0.2, 0.25) is 5.91 Å². The van der Waals surface area contributed by atoms with E-state index in [0.717, 1.165) is 30.4 Å². The van der Waals surface area contributed by atoms with Gasteiger partial charge in [0.15, 0.2) is 0 Å². The van der Waals surface area contributed by atoms with Crippen LogP contribution in [0.5, 0.6) is 0 Å². The third-order valence-electron chi connectivity index (χ3n) is 4.40. The summed E-state index contributed by atoms with van der Waals surface area (Å²) in [7, 11) is 0. The van der Waals surface area contributed by atoms with Crippen molar-refractivity contribution in [3.05, 3.63) is 70.8 Å². The van der Waals surface area contributed by atoms with Crippen LogP contribution < -0.4 is 11.1 Å². The number of rotatable bonds is 3. The smallest absolute Gasteiger partial charge is 0.241 e. The summed E-state index contributed by atoms with van der Waals surface area (Å²) in [4.78, 5) is 12.5. The van der Waals surface area contributed by atoms with E-state index in [9.17, 15) is 4.79 Å². The summed E-state index contributed by atoms with van der Waals surface area (Å²) in [5.74, 6) is -0.106. The molecule has 0 heterocycles. The predicted octanol–water partition coefficient (Wildman–Crippen LogP) is 3.19. The molecule has 0 aromatic heterocycles. The van der Waals surface area contributed by atoms with Gasteiger partial charge in [-0.25, -0.2) is 0 Å². The first-order valence-corrected chi connectivity index (χ1v) is 7.85. The van der Waals surface area contributed by atoms with Gasteiger partial charge in [0.05, 0.1) is 6.04 Å². The first kappa shape index (κ1) is 14.8. The van der Waals surface area contributed by atoms with Gasteiger partial charge < -0.3 is 11.1 Å². The van der Waals surface area contributed by atoms with Crippen LogP contribution in [0.2, 0.25) is 0 Å². The van der Waals surface area contributed by atoms with Crippen LogP contribution >= 0.6 is 0 Å². The lowest BCUT2D eigenvalue weighted by atomic mass is 9.87. The van der Waals surface area contributed by atoms with E-state index in [1.165, 1.54) is 11.1 Å². The van der Waals surface area contributed by atoms with Gasteiger partial charge in [-0.15, -0.1) is 0 Å². The Morgan fingerprint density at radius 3 is 2.68 bits per heavy atom. The SMILES string of the molecule is Cc1ccc(C(N)C(=O)NC2CCCc3ccccc32)cc1. The zero-order valence-electron chi connectivity index (χ0n) is 12.9. The molecule has 0 bridgehead atoms. The van der Waals surface area contributed by atoms with Gasteiger partial charge in [-0.05, 0) is 42.9 Å². The molecule has 3 nitrogen and oxygen atoms in total. The summed E-state index contributed by atoms with van der Waals surface area (Å²) in [6, 6.07) is 15.6. The first-order valence-electron chi connectivity index (χ1n) is 7.85. The van der Waals surface area contributed by atoms with E-state index < -0.39 is 6.04 Å². The molecule has 1 aliphatic carbocycles. The Morgan fingerprint density at radius 2 is 1.91 bits per heavy atom. The number of amides is 1. The highest BCUT2D eigenvalue weighted by molar-refractivity contribution is 5.83. The van der Waals surface area contributed by atoms with Crippen molar-refractivity contribution >= 4 is 5.91 Å². The molecule has 0 radical (unpaired) electrons. The van der Waals surface area contributed by atoms with Crippen molar-refractivity contribution < 1.29 is 4.79 Å². The number of hydrogen-bond donors (Lipinski definition) is 2. The van der Waals surface area contributed by atoms with E-state index in [0.29, 0.717) is 0 Å². The lowest BCUT2D eigenvalue weighted by Crippen LogP contribution is -2.37. The van der Waals surface area contributed by atoms with E-state index in [4.69, 9.17) is 5.73 Å². The molecule has 0 saturated heterocycles. The topological polar surface area (TPSA) is 55.1 Å². The summed E-state index contributed by atoms with van der Waals surface area (Å²) in [6.07, 6.45) is 3.16. The Bertz CT molecular complexity index is 663. The number of nitrogens with one attached hydrogen (secondary N) is 1. The number of hydrogen-bond acceptors (Lipinski definition) is 2. The number of nitrogens with two attached hydrogens (primary N) is 1. The summed E-state index contributed by atoms with van der Waals surface area (Å²) in [5.41, 5.74) is 10.7. The van der Waals surface area contributed by atoms with Crippen molar-refractivity contribution in [2.75, 3.05) is 0 Å². The van der Waals surface area contributed by atoms with Gasteiger partial charge in [0.25, 0.3) is 0 Å². The monoisotopic (exact) mass is 294 g/mol. The number of carbonyl (C=O) groups is 1. The van der Waals surface area contributed by atoms with Crippen LogP contribution in [-0.4, -0.2) is 5.91 Å². The fraction of sp³-hybridized carbons (Fsp3) is 0.316. The van der Waals surface area contributed by atoms with Gasteiger partial charge in [0, 0.05) is 0 Å². The molecule has 2 aromatic carbocycles. The van der Waals surface area contributed by atoms with Gasteiger partial charge >= 0.3 is 0 Å². The minimum Gasteiger partial charge on any atom is -0.348 e. The third-order valence-corrected chi connectivity index (χ3v) is 4.40. The molecule has 1 aliphatic rings. The highest BCUT2D eigenvalue weighted by atomic mass is 16.2. The zero-order chi connectivity index (χ0) is 15.5. The van der Waals surface area contributed by atoms with Crippen LogP contribution in [0.15, 0.2) is 48.5 Å². The predicted molar refractivity (Wildman–Crippen MR) is 88.4 cm³/mol. The Morgan fingerprint density at radius 1 is 1.18 bits per heavy atom. The average Bonchev–Trinajstić information content (AvgIpc) is 2.55. The van der Waals surface area contributed by atoms with Crippen molar-refractivity contribution in [3.8, 4) is 0 Å². The van der Waals surface area contributed by atoms with E-state index >= 15 is 0 Å². The lowest BCUT2D eigenvalue weighted by molar-refractivity contribution is -0.123. The van der Waals surface area contributed by atoms with Gasteiger partial charge in [-0.1, -0.05) is 54.1 Å². The van der Waals surface area contributed by atoms with Crippen molar-refractivity contribution in [2.24, 2.45) is 5.73 Å². The molecule has 0 aliphatic heterocycles. The normalized spacial score (nSPS) is 18.4. The summed E-state index contributed by atoms with van der Waals surface area (Å²) >= 11 is 0. The number of fused-ring (bicyclic) bond motifs is 1. The molecule has 2 aromatic rings. The van der Waals surface area contributed by atoms with Crippen molar-refractivity contribution in [1.82, 2.24) is 5.32 Å². The second kappa shape index (κ2) is 6.32. The molecule has 0 spiro atoms. The zero-order valence-corrected chi connectivity index (χ0v) is 12.9. The maximum Gasteiger partial charge on any atom is 0.241 e. The molecule has 3 rings (SSSR count). The van der Waals surface area contributed by atoms with E-state index in [2.05, 4.69) is 23.5 Å². The largest absolute Gasteiger partial charge is 0.348 e. The van der Waals surface area contributed by atoms with Crippen LogP contribution in [0.3, 0.4) is 0 Å². The molecule has 2 atom stereocenters. The van der Waals surface area contributed by atoms with E-state index in [1.54, 1.807) is 0 Å². The maximum absolute atomic E-state index is 12.5. The second-order valence-corrected chi connectivity index (χ2v) is 6.04. The van der Waals surface area contributed by atoms with Crippen LogP contribution in [0, 0.1) is 6.92 Å². The fourth-order valence-corrected chi connectivity index (χ4v) is 3.09. The quantitative estimate of drug-likeness (QED) is 0.913. The Balaban J connectivity index is 1.73. The van der Waals surface area contributed by atoms with Crippen molar-refractivity contribution in [2.45, 2.75) is 38.3 Å². The molecular formula is C19H22N2O. The molecule has 2 unspecified atom stereocenters. The van der Waals surface area contributed by atoms with Gasteiger partial charge in [-0.3, -0.25) is 4.79 Å². The Labute approximate surface area is 131 Å². The summed E-state index contributed by atoms with van der Waals surface area (Å²) in [6.45, 7) is 2.02. The molecule has 0 saturated carbocycles. The lowest BCUT2D eigenvalue weighted by Gasteiger charge is -2.27. The molecule has 3 heteroatoms. The van der Waals surface area contributed by atoms with Crippen LogP contribution in [0.1, 0.15) is 47.2 Å². The number of carbonyl (C=O) groups excluding carboxylic acids is 1. The molecule has 3 N–H and O–H groups in total. The van der Waals surface area contributed by atoms with E-state index in [1.807, 2.05) is 37.3 Å². The van der Waals surface area contributed by atoms with Gasteiger partial charge in [-0.2, -0.15) is 0 Å². The summed E-state index contributed by atoms with van der Waals surface area (Å²) in [5, 5.41) is 3.12. The van der Waals surface area contributed by atoms with E-state index in [-0.39, 0.29) is 11.9 Å². The standard InChI is InChI=1S/C19H22N2O/c1-13-9-11-15(12-10-13)18(20)19(22)21-17-8-4-6-14-5-2-3-7-16(14)17/h2-3,5,7,9-12,17-18H,4,6,8,20H2,1H3,(H,21,22). The van der Waals surface area contributed by atoms with Crippen molar-refractivity contribution in [3.63, 3.8) is 0 Å². The maximum atomic E-state index is 12.5. The van der Waals surface area contributed by atoms with Crippen LogP contribution in [-0.2, 0) is 11.2 Å². The van der Waals surface area contributed by atoms with Gasteiger partial charge in [0.1, 0.15) is 6.04 Å². The third kappa shape index (κ3) is 3.04. The highest BCUT2D eigenvalue weighted by Crippen LogP contribution is 2.29. The van der Waals surface area contributed by atoms with Crippen molar-refractivity contribution in [1.29, 1.82) is 0 Å². The molecule has 1 amide bonds.